The summed E-state index contributed by atoms with van der Waals surface area (Å²) in [6, 6.07) is 4.49. The maximum Gasteiger partial charge on any atom is 0.387 e. The largest absolute Gasteiger partial charge is 0.497 e. The predicted octanol–water partition coefficient (Wildman–Crippen LogP) is 1.13. The Labute approximate surface area is 115 Å². The van der Waals surface area contributed by atoms with Gasteiger partial charge in [-0.3, -0.25) is 4.79 Å². The van der Waals surface area contributed by atoms with Gasteiger partial charge >= 0.3 is 6.61 Å². The fourth-order valence-electron chi connectivity index (χ4n) is 1.83. The van der Waals surface area contributed by atoms with E-state index in [1.807, 2.05) is 0 Å². The second kappa shape index (κ2) is 6.51. The molecule has 1 fully saturated rings. The van der Waals surface area contributed by atoms with E-state index in [0.29, 0.717) is 24.4 Å². The van der Waals surface area contributed by atoms with Crippen LogP contribution in [-0.4, -0.2) is 32.7 Å². The maximum absolute atomic E-state index is 12.3. The molecule has 0 unspecified atom stereocenters. The zero-order chi connectivity index (χ0) is 14.5. The van der Waals surface area contributed by atoms with Crippen LogP contribution in [0.5, 0.6) is 11.5 Å². The summed E-state index contributed by atoms with van der Waals surface area (Å²) in [6.45, 7) is -1.50. The van der Waals surface area contributed by atoms with Gasteiger partial charge in [0.15, 0.2) is 0 Å². The standard InChI is InChI=1S/C13H16F2N2O3/c1-19-10-2-3-11(20-13(14)15)8(4-10)7-17-12(18)9-5-16-6-9/h2-4,9,13,16H,5-7H2,1H3,(H,17,18). The van der Waals surface area contributed by atoms with E-state index in [4.69, 9.17) is 4.74 Å². The highest BCUT2D eigenvalue weighted by molar-refractivity contribution is 5.80. The summed E-state index contributed by atoms with van der Waals surface area (Å²) in [7, 11) is 1.48. The van der Waals surface area contributed by atoms with Crippen molar-refractivity contribution in [2.75, 3.05) is 20.2 Å². The van der Waals surface area contributed by atoms with Crippen molar-refractivity contribution in [3.05, 3.63) is 23.8 Å². The number of nitrogens with one attached hydrogen (secondary N) is 2. The molecule has 0 saturated carbocycles. The first-order valence-electron chi connectivity index (χ1n) is 6.20. The maximum atomic E-state index is 12.3. The molecule has 1 saturated heterocycles. The Bertz CT molecular complexity index is 479. The van der Waals surface area contributed by atoms with E-state index in [-0.39, 0.29) is 24.1 Å². The quantitative estimate of drug-likeness (QED) is 0.823. The van der Waals surface area contributed by atoms with Crippen LogP contribution in [0.2, 0.25) is 0 Å². The average Bonchev–Trinajstić information content (AvgIpc) is 2.35. The summed E-state index contributed by atoms with van der Waals surface area (Å²) in [6.07, 6.45) is 0. The van der Waals surface area contributed by atoms with E-state index < -0.39 is 6.61 Å². The molecule has 2 rings (SSSR count). The molecular weight excluding hydrogens is 270 g/mol. The number of benzene rings is 1. The number of ether oxygens (including phenoxy) is 2. The van der Waals surface area contributed by atoms with Crippen LogP contribution in [-0.2, 0) is 11.3 Å². The van der Waals surface area contributed by atoms with Gasteiger partial charge in [0.25, 0.3) is 0 Å². The van der Waals surface area contributed by atoms with Crippen molar-refractivity contribution in [3.63, 3.8) is 0 Å². The van der Waals surface area contributed by atoms with E-state index in [9.17, 15) is 13.6 Å². The molecule has 1 aromatic rings. The molecule has 0 aliphatic carbocycles. The molecule has 7 heteroatoms. The van der Waals surface area contributed by atoms with Crippen LogP contribution in [0.25, 0.3) is 0 Å². The minimum absolute atomic E-state index is 0.0350. The Morgan fingerprint density at radius 1 is 1.50 bits per heavy atom. The van der Waals surface area contributed by atoms with Crippen LogP contribution < -0.4 is 20.1 Å². The van der Waals surface area contributed by atoms with Crippen LogP contribution in [0, 0.1) is 5.92 Å². The second-order valence-electron chi connectivity index (χ2n) is 4.43. The Morgan fingerprint density at radius 2 is 2.25 bits per heavy atom. The monoisotopic (exact) mass is 286 g/mol. The van der Waals surface area contributed by atoms with Gasteiger partial charge in [-0.25, -0.2) is 0 Å². The summed E-state index contributed by atoms with van der Waals surface area (Å²) in [5.74, 6) is 0.392. The van der Waals surface area contributed by atoms with Gasteiger partial charge in [-0.1, -0.05) is 0 Å². The van der Waals surface area contributed by atoms with Crippen molar-refractivity contribution in [2.24, 2.45) is 5.92 Å². The predicted molar refractivity (Wildman–Crippen MR) is 67.8 cm³/mol. The van der Waals surface area contributed by atoms with Crippen LogP contribution in [0.15, 0.2) is 18.2 Å². The van der Waals surface area contributed by atoms with Gasteiger partial charge < -0.3 is 20.1 Å². The van der Waals surface area contributed by atoms with Crippen molar-refractivity contribution >= 4 is 5.91 Å². The van der Waals surface area contributed by atoms with Crippen molar-refractivity contribution < 1.29 is 23.0 Å². The molecule has 2 N–H and O–H groups in total. The molecule has 0 aromatic heterocycles. The van der Waals surface area contributed by atoms with Crippen molar-refractivity contribution in [1.82, 2.24) is 10.6 Å². The van der Waals surface area contributed by atoms with Gasteiger partial charge in [0.1, 0.15) is 11.5 Å². The zero-order valence-electron chi connectivity index (χ0n) is 11.0. The highest BCUT2D eigenvalue weighted by atomic mass is 19.3. The normalized spacial score (nSPS) is 14.8. The first-order chi connectivity index (χ1) is 9.60. The van der Waals surface area contributed by atoms with Gasteiger partial charge in [0.2, 0.25) is 5.91 Å². The molecule has 0 atom stereocenters. The number of rotatable bonds is 6. The number of amides is 1. The fraction of sp³-hybridized carbons (Fsp3) is 0.462. The van der Waals surface area contributed by atoms with Gasteiger partial charge in [-0.2, -0.15) is 8.78 Å². The van der Waals surface area contributed by atoms with Crippen molar-refractivity contribution in [1.29, 1.82) is 0 Å². The SMILES string of the molecule is COc1ccc(OC(F)F)c(CNC(=O)C2CNC2)c1. The van der Waals surface area contributed by atoms with E-state index in [1.54, 1.807) is 6.07 Å². The number of carbonyl (C=O) groups excluding carboxylic acids is 1. The number of alkyl halides is 2. The van der Waals surface area contributed by atoms with E-state index in [1.165, 1.54) is 19.2 Å². The van der Waals surface area contributed by atoms with Crippen molar-refractivity contribution in [2.45, 2.75) is 13.2 Å². The smallest absolute Gasteiger partial charge is 0.387 e. The summed E-state index contributed by atoms with van der Waals surface area (Å²) in [5.41, 5.74) is 0.449. The summed E-state index contributed by atoms with van der Waals surface area (Å²) >= 11 is 0. The fourth-order valence-corrected chi connectivity index (χ4v) is 1.83. The lowest BCUT2D eigenvalue weighted by Gasteiger charge is -2.26. The summed E-state index contributed by atoms with van der Waals surface area (Å²) < 4.78 is 34.1. The van der Waals surface area contributed by atoms with E-state index in [0.717, 1.165) is 0 Å². The first kappa shape index (κ1) is 14.5. The van der Waals surface area contributed by atoms with Crippen LogP contribution in [0.4, 0.5) is 8.78 Å². The molecule has 110 valence electrons. The third kappa shape index (κ3) is 3.57. The van der Waals surface area contributed by atoms with Crippen LogP contribution >= 0.6 is 0 Å². The number of carbonyl (C=O) groups is 1. The number of hydrogen-bond acceptors (Lipinski definition) is 4. The molecule has 0 radical (unpaired) electrons. The highest BCUT2D eigenvalue weighted by Crippen LogP contribution is 2.25. The van der Waals surface area contributed by atoms with Crippen LogP contribution in [0.1, 0.15) is 5.56 Å². The average molecular weight is 286 g/mol. The van der Waals surface area contributed by atoms with Gasteiger partial charge in [-0.15, -0.1) is 0 Å². The molecule has 0 spiro atoms. The summed E-state index contributed by atoms with van der Waals surface area (Å²) in [4.78, 5) is 11.7. The Hall–Kier alpha value is -1.89. The van der Waals surface area contributed by atoms with Gasteiger partial charge in [-0.05, 0) is 18.2 Å². The lowest BCUT2D eigenvalue weighted by Crippen LogP contribution is -2.50. The molecule has 1 amide bonds. The molecule has 1 aromatic carbocycles. The molecule has 5 nitrogen and oxygen atoms in total. The van der Waals surface area contributed by atoms with Crippen molar-refractivity contribution in [3.8, 4) is 11.5 Å². The third-order valence-electron chi connectivity index (χ3n) is 3.09. The highest BCUT2D eigenvalue weighted by Gasteiger charge is 2.24. The summed E-state index contributed by atoms with van der Waals surface area (Å²) in [5, 5.41) is 5.70. The lowest BCUT2D eigenvalue weighted by molar-refractivity contribution is -0.126. The Kier molecular flexibility index (Phi) is 4.73. The van der Waals surface area contributed by atoms with Gasteiger partial charge in [0.05, 0.1) is 13.0 Å². The third-order valence-corrected chi connectivity index (χ3v) is 3.09. The topological polar surface area (TPSA) is 59.6 Å². The lowest BCUT2D eigenvalue weighted by atomic mass is 10.0. The molecule has 0 bridgehead atoms. The minimum atomic E-state index is -2.91. The Morgan fingerprint density at radius 3 is 2.80 bits per heavy atom. The Balaban J connectivity index is 2.04. The van der Waals surface area contributed by atoms with E-state index >= 15 is 0 Å². The van der Waals surface area contributed by atoms with E-state index in [2.05, 4.69) is 15.4 Å². The number of hydrogen-bond donors (Lipinski definition) is 2. The number of methoxy groups -OCH3 is 1. The number of halogens is 2. The molecule has 20 heavy (non-hydrogen) atoms. The zero-order valence-corrected chi connectivity index (χ0v) is 11.0. The molecule has 1 aliphatic heterocycles. The molecule has 1 aliphatic rings. The second-order valence-corrected chi connectivity index (χ2v) is 4.43. The van der Waals surface area contributed by atoms with Crippen LogP contribution in [0.3, 0.4) is 0 Å². The minimum Gasteiger partial charge on any atom is -0.497 e. The first-order valence-corrected chi connectivity index (χ1v) is 6.20. The molecule has 1 heterocycles. The molecular formula is C13H16F2N2O3. The van der Waals surface area contributed by atoms with Gasteiger partial charge in [0, 0.05) is 25.2 Å².